The minimum absolute atomic E-state index is 0.178. The molecular weight excluding hydrogens is 270 g/mol. The molecule has 1 saturated heterocycles. The summed E-state index contributed by atoms with van der Waals surface area (Å²) in [5.74, 6) is -0.980. The van der Waals surface area contributed by atoms with Crippen LogP contribution in [-0.4, -0.2) is 34.1 Å². The Labute approximate surface area is 113 Å². The third kappa shape index (κ3) is 3.47. The van der Waals surface area contributed by atoms with E-state index in [-0.39, 0.29) is 24.3 Å². The van der Waals surface area contributed by atoms with Gasteiger partial charge in [-0.3, -0.25) is 14.9 Å². The first-order valence-corrected chi connectivity index (χ1v) is 6.61. The number of amides is 4. The van der Waals surface area contributed by atoms with Gasteiger partial charge in [0.25, 0.3) is 0 Å². The Morgan fingerprint density at radius 2 is 2.32 bits per heavy atom. The second kappa shape index (κ2) is 5.74. The van der Waals surface area contributed by atoms with Gasteiger partial charge in [0.15, 0.2) is 0 Å². The Kier molecular flexibility index (Phi) is 4.05. The number of anilines is 1. The number of rotatable bonds is 4. The lowest BCUT2D eigenvalue weighted by molar-refractivity contribution is -0.126. The molecule has 0 bridgehead atoms. The maximum atomic E-state index is 11.6. The van der Waals surface area contributed by atoms with Crippen LogP contribution in [0.5, 0.6) is 0 Å². The molecule has 0 saturated carbocycles. The maximum Gasteiger partial charge on any atom is 0.321 e. The van der Waals surface area contributed by atoms with Crippen LogP contribution in [0.15, 0.2) is 5.51 Å². The first-order valence-electron chi connectivity index (χ1n) is 5.73. The molecule has 2 unspecified atom stereocenters. The van der Waals surface area contributed by atoms with Crippen LogP contribution in [0.2, 0.25) is 0 Å². The summed E-state index contributed by atoms with van der Waals surface area (Å²) in [6.45, 7) is 1.74. The van der Waals surface area contributed by atoms with Gasteiger partial charge in [0.2, 0.25) is 16.9 Å². The van der Waals surface area contributed by atoms with Crippen molar-refractivity contribution in [3.8, 4) is 0 Å². The van der Waals surface area contributed by atoms with Gasteiger partial charge in [-0.25, -0.2) is 4.79 Å². The molecule has 9 heteroatoms. The largest absolute Gasteiger partial charge is 0.335 e. The summed E-state index contributed by atoms with van der Waals surface area (Å²) in [6, 6.07) is -0.775. The van der Waals surface area contributed by atoms with Gasteiger partial charge in [0.1, 0.15) is 5.51 Å². The van der Waals surface area contributed by atoms with Crippen molar-refractivity contribution in [2.45, 2.75) is 25.8 Å². The van der Waals surface area contributed by atoms with E-state index in [1.165, 1.54) is 16.8 Å². The molecule has 2 atom stereocenters. The van der Waals surface area contributed by atoms with E-state index in [0.717, 1.165) is 0 Å². The number of hydrogen-bond acceptors (Lipinski definition) is 6. The number of carbonyl (C=O) groups excluding carboxylic acids is 3. The van der Waals surface area contributed by atoms with Crippen LogP contribution in [-0.2, 0) is 9.59 Å². The summed E-state index contributed by atoms with van der Waals surface area (Å²) in [5.41, 5.74) is 1.52. The molecule has 2 heterocycles. The fourth-order valence-electron chi connectivity index (χ4n) is 1.85. The molecule has 0 spiro atoms. The minimum Gasteiger partial charge on any atom is -0.335 e. The smallest absolute Gasteiger partial charge is 0.321 e. The van der Waals surface area contributed by atoms with Gasteiger partial charge < -0.3 is 10.6 Å². The van der Waals surface area contributed by atoms with Gasteiger partial charge in [-0.05, 0) is 13.3 Å². The van der Waals surface area contributed by atoms with Crippen molar-refractivity contribution in [2.75, 3.05) is 5.32 Å². The summed E-state index contributed by atoms with van der Waals surface area (Å²) >= 11 is 1.22. The molecule has 0 radical (unpaired) electrons. The number of aromatic nitrogens is 2. The second-order valence-corrected chi connectivity index (χ2v) is 5.02. The Hall–Kier alpha value is -2.03. The average Bonchev–Trinajstić information content (AvgIpc) is 2.80. The number of urea groups is 1. The van der Waals surface area contributed by atoms with Crippen molar-refractivity contribution in [2.24, 2.45) is 5.92 Å². The van der Waals surface area contributed by atoms with Gasteiger partial charge in [0, 0.05) is 12.5 Å². The summed E-state index contributed by atoms with van der Waals surface area (Å²) in [4.78, 5) is 34.3. The molecule has 2 rings (SSSR count). The Morgan fingerprint density at radius 1 is 1.53 bits per heavy atom. The third-order valence-electron chi connectivity index (χ3n) is 2.82. The highest BCUT2D eigenvalue weighted by Crippen LogP contribution is 2.16. The van der Waals surface area contributed by atoms with Crippen molar-refractivity contribution in [3.63, 3.8) is 0 Å². The van der Waals surface area contributed by atoms with Crippen molar-refractivity contribution in [1.82, 2.24) is 20.8 Å². The highest BCUT2D eigenvalue weighted by Gasteiger charge is 2.32. The Morgan fingerprint density at radius 3 is 2.95 bits per heavy atom. The van der Waals surface area contributed by atoms with Crippen LogP contribution in [0.4, 0.5) is 9.93 Å². The van der Waals surface area contributed by atoms with Gasteiger partial charge >= 0.3 is 6.03 Å². The first-order chi connectivity index (χ1) is 9.06. The molecule has 1 aromatic heterocycles. The number of imide groups is 1. The second-order valence-electron chi connectivity index (χ2n) is 4.19. The molecule has 1 aliphatic heterocycles. The molecule has 8 nitrogen and oxygen atoms in total. The lowest BCUT2D eigenvalue weighted by Gasteiger charge is -2.28. The van der Waals surface area contributed by atoms with E-state index < -0.39 is 11.9 Å². The van der Waals surface area contributed by atoms with Crippen molar-refractivity contribution >= 4 is 34.3 Å². The topological polar surface area (TPSA) is 113 Å². The van der Waals surface area contributed by atoms with Gasteiger partial charge in [0.05, 0.1) is 5.92 Å². The molecule has 19 heavy (non-hydrogen) atoms. The van der Waals surface area contributed by atoms with Gasteiger partial charge in [-0.15, -0.1) is 10.2 Å². The Bertz CT molecular complexity index is 489. The van der Waals surface area contributed by atoms with Crippen molar-refractivity contribution in [1.29, 1.82) is 0 Å². The molecule has 1 fully saturated rings. The standard InChI is InChI=1S/C10H13N5O3S/c1-5-6(8(17)14-9(18)12-5)2-3-7(16)13-10-15-11-4-19-10/h4-6H,2-3H2,1H3,(H,13,15,16)(H2,12,14,17,18). The highest BCUT2D eigenvalue weighted by molar-refractivity contribution is 7.13. The summed E-state index contributed by atoms with van der Waals surface area (Å²) in [7, 11) is 0. The van der Waals surface area contributed by atoms with E-state index in [4.69, 9.17) is 0 Å². The quantitative estimate of drug-likeness (QED) is 0.725. The summed E-state index contributed by atoms with van der Waals surface area (Å²) < 4.78 is 0. The van der Waals surface area contributed by atoms with Crippen LogP contribution in [0.25, 0.3) is 0 Å². The number of carbonyl (C=O) groups is 3. The zero-order valence-corrected chi connectivity index (χ0v) is 11.0. The SMILES string of the molecule is CC1NC(=O)NC(=O)C1CCC(=O)Nc1nncs1. The molecule has 1 aromatic rings. The Balaban J connectivity index is 1.82. The van der Waals surface area contributed by atoms with Crippen LogP contribution in [0.3, 0.4) is 0 Å². The zero-order chi connectivity index (χ0) is 13.8. The van der Waals surface area contributed by atoms with E-state index in [1.807, 2.05) is 0 Å². The highest BCUT2D eigenvalue weighted by atomic mass is 32.1. The zero-order valence-electron chi connectivity index (χ0n) is 10.2. The van der Waals surface area contributed by atoms with E-state index >= 15 is 0 Å². The van der Waals surface area contributed by atoms with E-state index in [9.17, 15) is 14.4 Å². The average molecular weight is 283 g/mol. The van der Waals surface area contributed by atoms with E-state index in [2.05, 4.69) is 26.1 Å². The molecule has 1 aliphatic rings. The number of hydrogen-bond donors (Lipinski definition) is 3. The maximum absolute atomic E-state index is 11.6. The first kappa shape index (κ1) is 13.4. The molecule has 3 N–H and O–H groups in total. The molecule has 4 amide bonds. The lowest BCUT2D eigenvalue weighted by atomic mass is 9.93. The van der Waals surface area contributed by atoms with Crippen LogP contribution < -0.4 is 16.0 Å². The molecule has 0 aliphatic carbocycles. The lowest BCUT2D eigenvalue weighted by Crippen LogP contribution is -2.57. The fourth-order valence-corrected chi connectivity index (χ4v) is 2.31. The number of nitrogens with one attached hydrogen (secondary N) is 3. The minimum atomic E-state index is -0.493. The van der Waals surface area contributed by atoms with E-state index in [0.29, 0.717) is 11.6 Å². The van der Waals surface area contributed by atoms with Crippen LogP contribution in [0, 0.1) is 5.92 Å². The fraction of sp³-hybridized carbons (Fsp3) is 0.500. The van der Waals surface area contributed by atoms with Gasteiger partial charge in [-0.1, -0.05) is 11.3 Å². The molecule has 102 valence electrons. The van der Waals surface area contributed by atoms with Crippen molar-refractivity contribution < 1.29 is 14.4 Å². The predicted octanol–water partition coefficient (Wildman–Crippen LogP) is 0.101. The van der Waals surface area contributed by atoms with Crippen LogP contribution >= 0.6 is 11.3 Å². The predicted molar refractivity (Wildman–Crippen MR) is 67.4 cm³/mol. The summed E-state index contributed by atoms with van der Waals surface area (Å²) in [5, 5.41) is 15.1. The summed E-state index contributed by atoms with van der Waals surface area (Å²) in [6.07, 6.45) is 0.537. The van der Waals surface area contributed by atoms with Crippen molar-refractivity contribution in [3.05, 3.63) is 5.51 Å². The van der Waals surface area contributed by atoms with Gasteiger partial charge in [-0.2, -0.15) is 0 Å². The third-order valence-corrected chi connectivity index (χ3v) is 3.43. The monoisotopic (exact) mass is 283 g/mol. The number of nitrogens with zero attached hydrogens (tertiary/aromatic N) is 2. The normalized spacial score (nSPS) is 22.6. The van der Waals surface area contributed by atoms with Crippen LogP contribution in [0.1, 0.15) is 19.8 Å². The van der Waals surface area contributed by atoms with E-state index in [1.54, 1.807) is 6.92 Å². The molecular formula is C10H13N5O3S. The molecule has 0 aromatic carbocycles.